The number of hydrogen-bond donors (Lipinski definition) is 1. The van der Waals surface area contributed by atoms with Gasteiger partial charge < -0.3 is 19.4 Å². The molecule has 17 heavy (non-hydrogen) atoms. The third-order valence-electron chi connectivity index (χ3n) is 3.47. The molecule has 0 aliphatic carbocycles. The number of aromatic amines is 1. The van der Waals surface area contributed by atoms with Crippen molar-refractivity contribution in [2.75, 3.05) is 31.2 Å². The quantitative estimate of drug-likeness (QED) is 0.780. The molecule has 5 heteroatoms. The molecular formula is C12H16N2O3. The van der Waals surface area contributed by atoms with Crippen molar-refractivity contribution in [3.63, 3.8) is 0 Å². The highest BCUT2D eigenvalue weighted by Gasteiger charge is 2.39. The minimum atomic E-state index is -0.335. The molecule has 0 amide bonds. The average Bonchev–Trinajstić information content (AvgIpc) is 2.80. The molecule has 0 bridgehead atoms. The molecule has 0 saturated carbocycles. The van der Waals surface area contributed by atoms with Crippen LogP contribution in [0.1, 0.15) is 12.8 Å². The Kier molecular flexibility index (Phi) is 2.64. The molecule has 1 aromatic heterocycles. The number of anilines is 1. The van der Waals surface area contributed by atoms with Gasteiger partial charge in [0.2, 0.25) is 5.56 Å². The lowest BCUT2D eigenvalue weighted by atomic mass is 10.0. The van der Waals surface area contributed by atoms with E-state index in [1.54, 1.807) is 12.3 Å². The molecule has 0 atom stereocenters. The first-order chi connectivity index (χ1) is 8.27. The number of H-pyrrole nitrogens is 1. The van der Waals surface area contributed by atoms with E-state index in [9.17, 15) is 4.79 Å². The van der Waals surface area contributed by atoms with Crippen molar-refractivity contribution in [1.82, 2.24) is 4.98 Å². The van der Waals surface area contributed by atoms with Crippen molar-refractivity contribution in [1.29, 1.82) is 0 Å². The van der Waals surface area contributed by atoms with Gasteiger partial charge in [-0.2, -0.15) is 0 Å². The van der Waals surface area contributed by atoms with Crippen LogP contribution in [-0.4, -0.2) is 37.1 Å². The number of aromatic nitrogens is 1. The first kappa shape index (κ1) is 10.8. The summed E-state index contributed by atoms with van der Waals surface area (Å²) >= 11 is 0. The molecule has 3 heterocycles. The molecule has 3 rings (SSSR count). The van der Waals surface area contributed by atoms with Crippen LogP contribution < -0.4 is 10.5 Å². The standard InChI is InChI=1S/C12H16N2O3/c15-11-2-1-10(9-13-11)14-5-3-12(4-6-14)16-7-8-17-12/h1-2,9H,3-8H2,(H,13,15). The SMILES string of the molecule is O=c1ccc(N2CCC3(CC2)OCCO3)c[nH]1. The monoisotopic (exact) mass is 236 g/mol. The molecule has 0 aromatic carbocycles. The van der Waals surface area contributed by atoms with Gasteiger partial charge >= 0.3 is 0 Å². The molecule has 2 aliphatic rings. The lowest BCUT2D eigenvalue weighted by molar-refractivity contribution is -0.169. The summed E-state index contributed by atoms with van der Waals surface area (Å²) in [6.45, 7) is 3.20. The van der Waals surface area contributed by atoms with E-state index >= 15 is 0 Å². The number of rotatable bonds is 1. The van der Waals surface area contributed by atoms with Crippen molar-refractivity contribution >= 4 is 5.69 Å². The summed E-state index contributed by atoms with van der Waals surface area (Å²) in [7, 11) is 0. The predicted octanol–water partition coefficient (Wildman–Crippen LogP) is 0.718. The topological polar surface area (TPSA) is 54.6 Å². The molecule has 2 aliphatic heterocycles. The number of nitrogens with one attached hydrogen (secondary N) is 1. The van der Waals surface area contributed by atoms with Gasteiger partial charge in [0, 0.05) is 38.2 Å². The molecule has 5 nitrogen and oxygen atoms in total. The molecular weight excluding hydrogens is 220 g/mol. The summed E-state index contributed by atoms with van der Waals surface area (Å²) in [5, 5.41) is 0. The van der Waals surface area contributed by atoms with Crippen LogP contribution in [0.15, 0.2) is 23.1 Å². The molecule has 1 aromatic rings. The largest absolute Gasteiger partial charge is 0.370 e. The van der Waals surface area contributed by atoms with E-state index in [0.29, 0.717) is 13.2 Å². The summed E-state index contributed by atoms with van der Waals surface area (Å²) in [6.07, 6.45) is 3.52. The van der Waals surface area contributed by atoms with Crippen LogP contribution in [0.25, 0.3) is 0 Å². The van der Waals surface area contributed by atoms with Gasteiger partial charge in [-0.25, -0.2) is 0 Å². The van der Waals surface area contributed by atoms with Gasteiger partial charge in [0.1, 0.15) is 0 Å². The fourth-order valence-corrected chi connectivity index (χ4v) is 2.49. The third-order valence-corrected chi connectivity index (χ3v) is 3.47. The maximum absolute atomic E-state index is 11.0. The minimum Gasteiger partial charge on any atom is -0.370 e. The highest BCUT2D eigenvalue weighted by atomic mass is 16.7. The second-order valence-electron chi connectivity index (χ2n) is 4.51. The van der Waals surface area contributed by atoms with Crippen LogP contribution in [0.3, 0.4) is 0 Å². The van der Waals surface area contributed by atoms with Gasteiger partial charge in [-0.05, 0) is 6.07 Å². The van der Waals surface area contributed by atoms with Gasteiger partial charge in [-0.3, -0.25) is 4.79 Å². The second kappa shape index (κ2) is 4.16. The Balaban J connectivity index is 1.68. The Hall–Kier alpha value is -1.33. The van der Waals surface area contributed by atoms with E-state index < -0.39 is 0 Å². The van der Waals surface area contributed by atoms with Crippen molar-refractivity contribution in [3.05, 3.63) is 28.7 Å². The minimum absolute atomic E-state index is 0.0651. The number of nitrogens with zero attached hydrogens (tertiary/aromatic N) is 1. The number of ether oxygens (including phenoxy) is 2. The second-order valence-corrected chi connectivity index (χ2v) is 4.51. The fraction of sp³-hybridized carbons (Fsp3) is 0.583. The van der Waals surface area contributed by atoms with Gasteiger partial charge in [0.25, 0.3) is 0 Å². The third kappa shape index (κ3) is 2.08. The van der Waals surface area contributed by atoms with Crippen molar-refractivity contribution < 1.29 is 9.47 Å². The van der Waals surface area contributed by atoms with Crippen molar-refractivity contribution in [2.45, 2.75) is 18.6 Å². The number of hydrogen-bond acceptors (Lipinski definition) is 4. The van der Waals surface area contributed by atoms with E-state index in [4.69, 9.17) is 9.47 Å². The summed E-state index contributed by atoms with van der Waals surface area (Å²) in [5.41, 5.74) is 0.988. The summed E-state index contributed by atoms with van der Waals surface area (Å²) in [6, 6.07) is 3.41. The highest BCUT2D eigenvalue weighted by molar-refractivity contribution is 5.44. The van der Waals surface area contributed by atoms with Gasteiger partial charge in [-0.15, -0.1) is 0 Å². The van der Waals surface area contributed by atoms with Crippen LogP contribution in [0.5, 0.6) is 0 Å². The van der Waals surface area contributed by atoms with Crippen molar-refractivity contribution in [2.24, 2.45) is 0 Å². The van der Waals surface area contributed by atoms with E-state index in [1.807, 2.05) is 6.07 Å². The zero-order chi connectivity index (χ0) is 11.7. The lowest BCUT2D eigenvalue weighted by Crippen LogP contribution is -2.45. The number of piperidine rings is 1. The maximum atomic E-state index is 11.0. The molecule has 92 valence electrons. The van der Waals surface area contributed by atoms with Gasteiger partial charge in [-0.1, -0.05) is 0 Å². The predicted molar refractivity (Wildman–Crippen MR) is 63.1 cm³/mol. The fourth-order valence-electron chi connectivity index (χ4n) is 2.49. The maximum Gasteiger partial charge on any atom is 0.248 e. The van der Waals surface area contributed by atoms with E-state index in [2.05, 4.69) is 9.88 Å². The van der Waals surface area contributed by atoms with Crippen LogP contribution in [-0.2, 0) is 9.47 Å². The van der Waals surface area contributed by atoms with Crippen LogP contribution in [0, 0.1) is 0 Å². The van der Waals surface area contributed by atoms with Crippen LogP contribution >= 0.6 is 0 Å². The Morgan fingerprint density at radius 3 is 2.47 bits per heavy atom. The lowest BCUT2D eigenvalue weighted by Gasteiger charge is -2.38. The van der Waals surface area contributed by atoms with E-state index in [1.165, 1.54) is 0 Å². The molecule has 0 radical (unpaired) electrons. The van der Waals surface area contributed by atoms with Gasteiger partial charge in [0.05, 0.1) is 18.9 Å². The molecule has 2 fully saturated rings. The van der Waals surface area contributed by atoms with E-state index in [0.717, 1.165) is 31.6 Å². The molecule has 0 unspecified atom stereocenters. The summed E-state index contributed by atoms with van der Waals surface area (Å²) in [4.78, 5) is 15.9. The Bertz CT molecular complexity index is 421. The summed E-state index contributed by atoms with van der Waals surface area (Å²) in [5.74, 6) is -0.335. The number of pyridine rings is 1. The van der Waals surface area contributed by atoms with Crippen LogP contribution in [0.2, 0.25) is 0 Å². The smallest absolute Gasteiger partial charge is 0.248 e. The van der Waals surface area contributed by atoms with Crippen molar-refractivity contribution in [3.8, 4) is 0 Å². The van der Waals surface area contributed by atoms with Gasteiger partial charge in [0.15, 0.2) is 5.79 Å². The normalized spacial score (nSPS) is 23.2. The zero-order valence-electron chi connectivity index (χ0n) is 9.65. The zero-order valence-corrected chi connectivity index (χ0v) is 9.65. The van der Waals surface area contributed by atoms with Crippen LogP contribution in [0.4, 0.5) is 5.69 Å². The summed E-state index contributed by atoms with van der Waals surface area (Å²) < 4.78 is 11.4. The first-order valence-electron chi connectivity index (χ1n) is 5.99. The Morgan fingerprint density at radius 1 is 1.18 bits per heavy atom. The molecule has 1 spiro atoms. The Morgan fingerprint density at radius 2 is 1.88 bits per heavy atom. The highest BCUT2D eigenvalue weighted by Crippen LogP contribution is 2.32. The average molecular weight is 236 g/mol. The van der Waals surface area contributed by atoms with E-state index in [-0.39, 0.29) is 11.3 Å². The molecule has 2 saturated heterocycles. The Labute approximate surface area is 99.3 Å². The first-order valence-corrected chi connectivity index (χ1v) is 5.99. The molecule has 1 N–H and O–H groups in total.